The highest BCUT2D eigenvalue weighted by Gasteiger charge is 1.99. The van der Waals surface area contributed by atoms with E-state index >= 15 is 0 Å². The lowest BCUT2D eigenvalue weighted by atomic mass is 10.3. The lowest BCUT2D eigenvalue weighted by molar-refractivity contribution is 0.112. The number of aromatic nitrogens is 1. The van der Waals surface area contributed by atoms with Gasteiger partial charge in [0.05, 0.1) is 0 Å². The molecule has 0 atom stereocenters. The van der Waals surface area contributed by atoms with Crippen LogP contribution in [0.1, 0.15) is 24.2 Å². The molecule has 0 spiro atoms. The summed E-state index contributed by atoms with van der Waals surface area (Å²) in [5, 5.41) is 0. The Morgan fingerprint density at radius 1 is 1.47 bits per heavy atom. The highest BCUT2D eigenvalue weighted by atomic mass is 79.9. The molecule has 0 radical (unpaired) electrons. The molecule has 5 heteroatoms. The van der Waals surface area contributed by atoms with Crippen molar-refractivity contribution < 1.29 is 13.9 Å². The number of rotatable bonds is 1. The number of ether oxygens (including phenoxy) is 1. The van der Waals surface area contributed by atoms with Crippen molar-refractivity contribution in [3.8, 4) is 0 Å². The number of pyridine rings is 1. The second-order valence-electron chi connectivity index (χ2n) is 2.07. The molecule has 0 amide bonds. The molecule has 0 aliphatic heterocycles. The summed E-state index contributed by atoms with van der Waals surface area (Å²) in [6, 6.07) is 1.12. The van der Waals surface area contributed by atoms with Gasteiger partial charge in [0.1, 0.15) is 4.60 Å². The van der Waals surface area contributed by atoms with Gasteiger partial charge in [-0.3, -0.25) is 4.79 Å². The second-order valence-corrected chi connectivity index (χ2v) is 2.82. The standard InChI is InChI=1S/C6H3BrFNO.C2H6O.C2H6/c7-6-5(8)1-4(3-10)2-9-6;1-3-2;1-2/h1-3H;1-2H3;1-2H3. The summed E-state index contributed by atoms with van der Waals surface area (Å²) >= 11 is 2.86. The Balaban J connectivity index is 0. The van der Waals surface area contributed by atoms with Gasteiger partial charge in [-0.25, -0.2) is 9.37 Å². The number of halogens is 2. The number of hydrogen-bond donors (Lipinski definition) is 0. The minimum Gasteiger partial charge on any atom is -0.388 e. The fourth-order valence-corrected chi connectivity index (χ4v) is 0.717. The van der Waals surface area contributed by atoms with E-state index in [1.165, 1.54) is 6.20 Å². The van der Waals surface area contributed by atoms with Crippen molar-refractivity contribution in [2.75, 3.05) is 14.2 Å². The number of carbonyl (C=O) groups excluding carboxylic acids is 1. The van der Waals surface area contributed by atoms with E-state index in [2.05, 4.69) is 25.7 Å². The Kier molecular flexibility index (Phi) is 12.5. The van der Waals surface area contributed by atoms with E-state index in [0.29, 0.717) is 6.29 Å². The van der Waals surface area contributed by atoms with Gasteiger partial charge >= 0.3 is 0 Å². The van der Waals surface area contributed by atoms with Crippen molar-refractivity contribution in [1.29, 1.82) is 0 Å². The first kappa shape index (κ1) is 16.6. The maximum atomic E-state index is 12.5. The van der Waals surface area contributed by atoms with Gasteiger partial charge in [-0.1, -0.05) is 13.8 Å². The van der Waals surface area contributed by atoms with Crippen LogP contribution in [-0.4, -0.2) is 25.5 Å². The zero-order valence-electron chi connectivity index (χ0n) is 9.25. The number of nitrogens with zero attached hydrogens (tertiary/aromatic N) is 1. The molecule has 0 saturated carbocycles. The maximum Gasteiger partial charge on any atom is 0.156 e. The number of aldehydes is 1. The van der Waals surface area contributed by atoms with Crippen LogP contribution in [0.15, 0.2) is 16.9 Å². The van der Waals surface area contributed by atoms with Crippen molar-refractivity contribution in [3.63, 3.8) is 0 Å². The number of methoxy groups -OCH3 is 1. The highest BCUT2D eigenvalue weighted by molar-refractivity contribution is 9.10. The van der Waals surface area contributed by atoms with Gasteiger partial charge in [-0.15, -0.1) is 0 Å². The lowest BCUT2D eigenvalue weighted by Crippen LogP contribution is -1.86. The molecule has 0 aliphatic carbocycles. The minimum absolute atomic E-state index is 0.123. The Bertz CT molecular complexity index is 282. The Morgan fingerprint density at radius 2 is 1.93 bits per heavy atom. The zero-order chi connectivity index (χ0) is 12.3. The van der Waals surface area contributed by atoms with Gasteiger partial charge in [-0.05, 0) is 22.0 Å². The van der Waals surface area contributed by atoms with Gasteiger partial charge < -0.3 is 4.74 Å². The van der Waals surface area contributed by atoms with E-state index < -0.39 is 5.82 Å². The highest BCUT2D eigenvalue weighted by Crippen LogP contribution is 2.11. The Morgan fingerprint density at radius 3 is 2.27 bits per heavy atom. The summed E-state index contributed by atoms with van der Waals surface area (Å²) in [5.41, 5.74) is 0.237. The average Bonchev–Trinajstić information content (AvgIpc) is 2.26. The third-order valence-electron chi connectivity index (χ3n) is 0.954. The minimum atomic E-state index is -0.524. The Hall–Kier alpha value is -0.810. The molecule has 0 aliphatic rings. The summed E-state index contributed by atoms with van der Waals surface area (Å²) < 4.78 is 16.9. The van der Waals surface area contributed by atoms with Gasteiger partial charge in [0, 0.05) is 26.0 Å². The summed E-state index contributed by atoms with van der Waals surface area (Å²) in [7, 11) is 3.25. The zero-order valence-corrected chi connectivity index (χ0v) is 10.8. The van der Waals surface area contributed by atoms with Crippen molar-refractivity contribution in [2.24, 2.45) is 0 Å². The predicted octanol–water partition coefficient (Wildman–Crippen LogP) is 3.08. The summed E-state index contributed by atoms with van der Waals surface area (Å²) in [6.07, 6.45) is 1.84. The predicted molar refractivity (Wildman–Crippen MR) is 61.6 cm³/mol. The Labute approximate surface area is 97.8 Å². The molecule has 0 aromatic carbocycles. The quantitative estimate of drug-likeness (QED) is 0.586. The largest absolute Gasteiger partial charge is 0.388 e. The first-order chi connectivity index (χ1) is 7.15. The van der Waals surface area contributed by atoms with E-state index in [4.69, 9.17) is 0 Å². The molecule has 0 fully saturated rings. The normalized spacial score (nSPS) is 7.87. The van der Waals surface area contributed by atoms with Crippen molar-refractivity contribution in [2.45, 2.75) is 13.8 Å². The molecular weight excluding hydrogens is 265 g/mol. The van der Waals surface area contributed by atoms with E-state index in [0.717, 1.165) is 6.07 Å². The van der Waals surface area contributed by atoms with Crippen LogP contribution < -0.4 is 0 Å². The second kappa shape index (κ2) is 11.3. The molecule has 0 unspecified atom stereocenters. The van der Waals surface area contributed by atoms with Gasteiger partial charge in [-0.2, -0.15) is 0 Å². The third-order valence-corrected chi connectivity index (χ3v) is 1.54. The summed E-state index contributed by atoms with van der Waals surface area (Å²) in [4.78, 5) is 13.6. The smallest absolute Gasteiger partial charge is 0.156 e. The molecular formula is C10H15BrFNO2. The van der Waals surface area contributed by atoms with Crippen molar-refractivity contribution in [3.05, 3.63) is 28.2 Å². The average molecular weight is 280 g/mol. The van der Waals surface area contributed by atoms with Crippen molar-refractivity contribution in [1.82, 2.24) is 4.98 Å². The van der Waals surface area contributed by atoms with Crippen LogP contribution in [0.25, 0.3) is 0 Å². The molecule has 0 saturated heterocycles. The molecule has 0 N–H and O–H groups in total. The first-order valence-electron chi connectivity index (χ1n) is 4.32. The molecule has 15 heavy (non-hydrogen) atoms. The van der Waals surface area contributed by atoms with E-state index in [1.54, 1.807) is 14.2 Å². The van der Waals surface area contributed by atoms with Gasteiger partial charge in [0.2, 0.25) is 0 Å². The molecule has 1 rings (SSSR count). The van der Waals surface area contributed by atoms with Crippen LogP contribution in [-0.2, 0) is 4.74 Å². The molecule has 3 nitrogen and oxygen atoms in total. The molecule has 0 bridgehead atoms. The van der Waals surface area contributed by atoms with Crippen LogP contribution >= 0.6 is 15.9 Å². The van der Waals surface area contributed by atoms with Gasteiger partial charge in [0.15, 0.2) is 12.1 Å². The maximum absolute atomic E-state index is 12.5. The number of hydrogen-bond acceptors (Lipinski definition) is 3. The van der Waals surface area contributed by atoms with E-state index in [9.17, 15) is 9.18 Å². The molecule has 1 aromatic heterocycles. The fraction of sp³-hybridized carbons (Fsp3) is 0.400. The van der Waals surface area contributed by atoms with Crippen LogP contribution in [0.2, 0.25) is 0 Å². The van der Waals surface area contributed by atoms with Crippen LogP contribution in [0.5, 0.6) is 0 Å². The first-order valence-corrected chi connectivity index (χ1v) is 5.11. The van der Waals surface area contributed by atoms with Crippen LogP contribution in [0.4, 0.5) is 4.39 Å². The monoisotopic (exact) mass is 279 g/mol. The lowest BCUT2D eigenvalue weighted by Gasteiger charge is -1.91. The summed E-state index contributed by atoms with van der Waals surface area (Å²) in [5.74, 6) is -0.524. The SMILES string of the molecule is CC.COC.O=Cc1cnc(Br)c(F)c1. The van der Waals surface area contributed by atoms with Crippen LogP contribution in [0, 0.1) is 5.82 Å². The van der Waals surface area contributed by atoms with Crippen molar-refractivity contribution >= 4 is 22.2 Å². The fourth-order valence-electron chi connectivity index (χ4n) is 0.500. The molecule has 1 heterocycles. The van der Waals surface area contributed by atoms with E-state index in [1.807, 2.05) is 13.8 Å². The van der Waals surface area contributed by atoms with Gasteiger partial charge in [0.25, 0.3) is 0 Å². The third kappa shape index (κ3) is 8.20. The summed E-state index contributed by atoms with van der Waals surface area (Å²) in [6.45, 7) is 4.00. The topological polar surface area (TPSA) is 39.2 Å². The van der Waals surface area contributed by atoms with Crippen LogP contribution in [0.3, 0.4) is 0 Å². The molecule has 86 valence electrons. The molecule has 1 aromatic rings. The van der Waals surface area contributed by atoms with E-state index in [-0.39, 0.29) is 10.2 Å². The number of carbonyl (C=O) groups is 1.